The summed E-state index contributed by atoms with van der Waals surface area (Å²) in [6, 6.07) is 8.93. The predicted octanol–water partition coefficient (Wildman–Crippen LogP) is 2.27. The summed E-state index contributed by atoms with van der Waals surface area (Å²) in [5, 5.41) is 6.45. The number of aromatic nitrogens is 1. The van der Waals surface area contributed by atoms with Crippen LogP contribution in [0.3, 0.4) is 0 Å². The maximum atomic E-state index is 12.8. The summed E-state index contributed by atoms with van der Waals surface area (Å²) >= 11 is 0. The first-order valence-electron chi connectivity index (χ1n) is 7.74. The summed E-state index contributed by atoms with van der Waals surface area (Å²) in [5.74, 6) is 0.199. The van der Waals surface area contributed by atoms with Gasteiger partial charge in [-0.2, -0.15) is 0 Å². The Balaban J connectivity index is 1.91. The number of pyridine rings is 1. The van der Waals surface area contributed by atoms with Crippen LogP contribution in [0.4, 0.5) is 5.82 Å². The van der Waals surface area contributed by atoms with E-state index in [9.17, 15) is 9.59 Å². The average Bonchev–Trinajstić information content (AvgIpc) is 2.56. The average molecular weight is 309 g/mol. The molecule has 5 nitrogen and oxygen atoms in total. The van der Waals surface area contributed by atoms with E-state index in [0.29, 0.717) is 40.7 Å². The number of nitrogens with one attached hydrogen (secondary N) is 2. The topological polar surface area (TPSA) is 71.1 Å². The molecule has 0 atom stereocenters. The van der Waals surface area contributed by atoms with E-state index in [-0.39, 0.29) is 11.6 Å². The molecule has 5 heteroatoms. The van der Waals surface area contributed by atoms with Crippen LogP contribution in [0.25, 0.3) is 0 Å². The van der Waals surface area contributed by atoms with Crippen LogP contribution in [0.1, 0.15) is 45.7 Å². The van der Waals surface area contributed by atoms with E-state index < -0.39 is 0 Å². The normalized spacial score (nSPS) is 13.0. The zero-order valence-electron chi connectivity index (χ0n) is 13.2. The molecule has 0 saturated carbocycles. The quantitative estimate of drug-likeness (QED) is 0.708. The van der Waals surface area contributed by atoms with E-state index in [4.69, 9.17) is 0 Å². The van der Waals surface area contributed by atoms with Crippen molar-refractivity contribution in [2.45, 2.75) is 19.9 Å². The highest BCUT2D eigenvalue weighted by molar-refractivity contribution is 6.29. The minimum atomic E-state index is -0.150. The summed E-state index contributed by atoms with van der Waals surface area (Å²) in [5.41, 5.74) is 1.70. The molecule has 2 aromatic rings. The van der Waals surface area contributed by atoms with Gasteiger partial charge >= 0.3 is 0 Å². The molecule has 1 aromatic carbocycles. The van der Waals surface area contributed by atoms with Crippen molar-refractivity contribution >= 4 is 17.4 Å². The lowest BCUT2D eigenvalue weighted by molar-refractivity contribution is 0.0979. The molecular weight excluding hydrogens is 290 g/mol. The van der Waals surface area contributed by atoms with Crippen LogP contribution in [0.5, 0.6) is 0 Å². The van der Waals surface area contributed by atoms with Crippen molar-refractivity contribution in [2.75, 3.05) is 18.4 Å². The highest BCUT2D eigenvalue weighted by atomic mass is 16.1. The number of nitrogens with zero attached hydrogens (tertiary/aromatic N) is 1. The second kappa shape index (κ2) is 6.30. The minimum Gasteiger partial charge on any atom is -0.368 e. The maximum absolute atomic E-state index is 12.8. The SMILES string of the molecule is CC(C)NCCNc1nccc2c1C(=O)c1ccccc1C2=O. The molecule has 118 valence electrons. The second-order valence-corrected chi connectivity index (χ2v) is 5.82. The summed E-state index contributed by atoms with van der Waals surface area (Å²) in [6.45, 7) is 5.52. The monoisotopic (exact) mass is 309 g/mol. The lowest BCUT2D eigenvalue weighted by Gasteiger charge is -2.20. The Labute approximate surface area is 135 Å². The van der Waals surface area contributed by atoms with Crippen molar-refractivity contribution in [3.05, 3.63) is 58.8 Å². The number of anilines is 1. The first-order valence-corrected chi connectivity index (χ1v) is 7.74. The molecule has 1 heterocycles. The minimum absolute atomic E-state index is 0.124. The van der Waals surface area contributed by atoms with Crippen LogP contribution in [0.15, 0.2) is 36.5 Å². The fourth-order valence-corrected chi connectivity index (χ4v) is 2.72. The van der Waals surface area contributed by atoms with Gasteiger partial charge in [-0.3, -0.25) is 9.59 Å². The van der Waals surface area contributed by atoms with Crippen LogP contribution < -0.4 is 10.6 Å². The van der Waals surface area contributed by atoms with Gasteiger partial charge in [0, 0.05) is 42.0 Å². The zero-order valence-corrected chi connectivity index (χ0v) is 13.2. The van der Waals surface area contributed by atoms with Gasteiger partial charge in [0.15, 0.2) is 11.6 Å². The van der Waals surface area contributed by atoms with Gasteiger partial charge < -0.3 is 10.6 Å². The Bertz CT molecular complexity index is 769. The molecule has 1 aromatic heterocycles. The first kappa shape index (κ1) is 15.4. The fourth-order valence-electron chi connectivity index (χ4n) is 2.72. The Kier molecular flexibility index (Phi) is 4.21. The van der Waals surface area contributed by atoms with Crippen molar-refractivity contribution in [2.24, 2.45) is 0 Å². The molecule has 0 aliphatic heterocycles. The molecule has 1 aliphatic rings. The molecule has 0 bridgehead atoms. The van der Waals surface area contributed by atoms with E-state index in [1.54, 1.807) is 36.5 Å². The summed E-state index contributed by atoms with van der Waals surface area (Å²) < 4.78 is 0. The Hall–Kier alpha value is -2.53. The maximum Gasteiger partial charge on any atom is 0.198 e. The molecule has 3 rings (SSSR count). The molecule has 0 spiro atoms. The summed E-state index contributed by atoms with van der Waals surface area (Å²) in [6.07, 6.45) is 1.57. The molecule has 2 N–H and O–H groups in total. The van der Waals surface area contributed by atoms with Gasteiger partial charge in [0.2, 0.25) is 0 Å². The van der Waals surface area contributed by atoms with E-state index in [0.717, 1.165) is 6.54 Å². The Morgan fingerprint density at radius 3 is 2.35 bits per heavy atom. The molecule has 0 unspecified atom stereocenters. The lowest BCUT2D eigenvalue weighted by atomic mass is 9.84. The van der Waals surface area contributed by atoms with Crippen LogP contribution in [0.2, 0.25) is 0 Å². The molecule has 0 fully saturated rings. The van der Waals surface area contributed by atoms with E-state index in [1.165, 1.54) is 0 Å². The van der Waals surface area contributed by atoms with E-state index in [2.05, 4.69) is 29.5 Å². The van der Waals surface area contributed by atoms with Crippen molar-refractivity contribution < 1.29 is 9.59 Å². The molecular formula is C18H19N3O2. The van der Waals surface area contributed by atoms with Crippen LogP contribution in [-0.4, -0.2) is 35.7 Å². The van der Waals surface area contributed by atoms with E-state index in [1.807, 2.05) is 0 Å². The highest BCUT2D eigenvalue weighted by Crippen LogP contribution is 2.30. The largest absolute Gasteiger partial charge is 0.368 e. The third-order valence-corrected chi connectivity index (χ3v) is 3.81. The standard InChI is InChI=1S/C18H19N3O2/c1-11(2)19-9-10-21-18-15-14(7-8-20-18)16(22)12-5-3-4-6-13(12)17(15)23/h3-8,11,19H,9-10H2,1-2H3,(H,20,21). The van der Waals surface area contributed by atoms with Crippen molar-refractivity contribution in [3.8, 4) is 0 Å². The van der Waals surface area contributed by atoms with Gasteiger partial charge in [-0.1, -0.05) is 38.1 Å². The third kappa shape index (κ3) is 2.87. The van der Waals surface area contributed by atoms with Crippen molar-refractivity contribution in [3.63, 3.8) is 0 Å². The van der Waals surface area contributed by atoms with Crippen molar-refractivity contribution in [1.82, 2.24) is 10.3 Å². The smallest absolute Gasteiger partial charge is 0.198 e. The Morgan fingerprint density at radius 2 is 1.65 bits per heavy atom. The van der Waals surface area contributed by atoms with Gasteiger partial charge in [-0.15, -0.1) is 0 Å². The summed E-state index contributed by atoms with van der Waals surface area (Å²) in [7, 11) is 0. The number of carbonyl (C=O) groups excluding carboxylic acids is 2. The van der Waals surface area contributed by atoms with Crippen LogP contribution in [0, 0.1) is 0 Å². The van der Waals surface area contributed by atoms with Gasteiger partial charge in [-0.05, 0) is 6.07 Å². The lowest BCUT2D eigenvalue weighted by Crippen LogP contribution is -2.29. The molecule has 0 saturated heterocycles. The van der Waals surface area contributed by atoms with Gasteiger partial charge in [0.05, 0.1) is 5.56 Å². The number of hydrogen-bond donors (Lipinski definition) is 2. The van der Waals surface area contributed by atoms with Gasteiger partial charge in [-0.25, -0.2) is 4.98 Å². The molecule has 23 heavy (non-hydrogen) atoms. The van der Waals surface area contributed by atoms with Crippen LogP contribution in [-0.2, 0) is 0 Å². The summed E-state index contributed by atoms with van der Waals surface area (Å²) in [4.78, 5) is 29.6. The molecule has 0 amide bonds. The number of fused-ring (bicyclic) bond motifs is 2. The predicted molar refractivity (Wildman–Crippen MR) is 89.2 cm³/mol. The van der Waals surface area contributed by atoms with E-state index >= 15 is 0 Å². The van der Waals surface area contributed by atoms with Crippen LogP contribution >= 0.6 is 0 Å². The number of rotatable bonds is 5. The van der Waals surface area contributed by atoms with Gasteiger partial charge in [0.1, 0.15) is 5.82 Å². The molecule has 1 aliphatic carbocycles. The number of ketones is 2. The number of carbonyl (C=O) groups is 2. The Morgan fingerprint density at radius 1 is 0.957 bits per heavy atom. The third-order valence-electron chi connectivity index (χ3n) is 3.81. The van der Waals surface area contributed by atoms with Gasteiger partial charge in [0.25, 0.3) is 0 Å². The number of hydrogen-bond acceptors (Lipinski definition) is 5. The first-order chi connectivity index (χ1) is 11.1. The van der Waals surface area contributed by atoms with Crippen molar-refractivity contribution in [1.29, 1.82) is 0 Å². The number of benzene rings is 1. The highest BCUT2D eigenvalue weighted by Gasteiger charge is 2.31. The molecule has 0 radical (unpaired) electrons. The fraction of sp³-hybridized carbons (Fsp3) is 0.278. The zero-order chi connectivity index (χ0) is 16.4. The second-order valence-electron chi connectivity index (χ2n) is 5.82.